The summed E-state index contributed by atoms with van der Waals surface area (Å²) in [5.41, 5.74) is 3.91. The van der Waals surface area contributed by atoms with Crippen molar-refractivity contribution in [2.75, 3.05) is 13.1 Å². The molecule has 2 aromatic rings. The predicted molar refractivity (Wildman–Crippen MR) is 128 cm³/mol. The van der Waals surface area contributed by atoms with Crippen molar-refractivity contribution >= 4 is 23.2 Å². The van der Waals surface area contributed by atoms with E-state index in [9.17, 15) is 19.8 Å². The van der Waals surface area contributed by atoms with Crippen molar-refractivity contribution < 1.29 is 19.8 Å². The molecular formula is C24H34N4O4S. The summed E-state index contributed by atoms with van der Waals surface area (Å²) in [6.07, 6.45) is -0.485. The van der Waals surface area contributed by atoms with E-state index < -0.39 is 18.2 Å². The number of nitrogens with zero attached hydrogens (tertiary/aromatic N) is 2. The lowest BCUT2D eigenvalue weighted by atomic mass is 9.85. The Morgan fingerprint density at radius 3 is 2.58 bits per heavy atom. The molecule has 1 fully saturated rings. The summed E-state index contributed by atoms with van der Waals surface area (Å²) in [5.74, 6) is -0.423. The van der Waals surface area contributed by atoms with Gasteiger partial charge in [-0.15, -0.1) is 11.3 Å². The largest absolute Gasteiger partial charge is 0.391 e. The number of hydrogen-bond donors (Lipinski definition) is 4. The third kappa shape index (κ3) is 5.97. The fourth-order valence-electron chi connectivity index (χ4n) is 4.14. The molecule has 180 valence electrons. The van der Waals surface area contributed by atoms with E-state index in [0.29, 0.717) is 18.8 Å². The van der Waals surface area contributed by atoms with Crippen LogP contribution in [-0.4, -0.2) is 63.2 Å². The zero-order chi connectivity index (χ0) is 24.2. The molecular weight excluding hydrogens is 440 g/mol. The smallest absolute Gasteiger partial charge is 0.243 e. The van der Waals surface area contributed by atoms with Crippen LogP contribution in [0.15, 0.2) is 29.8 Å². The fourth-order valence-corrected chi connectivity index (χ4v) is 4.95. The zero-order valence-electron chi connectivity index (χ0n) is 19.7. The molecule has 0 aliphatic carbocycles. The minimum atomic E-state index is -0.716. The third-order valence-electron chi connectivity index (χ3n) is 5.86. The average molecular weight is 475 g/mol. The Labute approximate surface area is 199 Å². The molecule has 0 radical (unpaired) electrons. The molecule has 3 atom stereocenters. The lowest BCUT2D eigenvalue weighted by Crippen LogP contribution is -2.56. The first kappa shape index (κ1) is 25.3. The van der Waals surface area contributed by atoms with Crippen molar-refractivity contribution in [3.63, 3.8) is 0 Å². The quantitative estimate of drug-likeness (QED) is 0.465. The zero-order valence-corrected chi connectivity index (χ0v) is 20.5. The summed E-state index contributed by atoms with van der Waals surface area (Å²) in [4.78, 5) is 32.8. The Morgan fingerprint density at radius 1 is 1.27 bits per heavy atom. The molecule has 4 N–H and O–H groups in total. The number of carbonyl (C=O) groups is 2. The first-order valence-corrected chi connectivity index (χ1v) is 12.2. The monoisotopic (exact) mass is 474 g/mol. The molecule has 1 saturated heterocycles. The maximum absolute atomic E-state index is 13.3. The van der Waals surface area contributed by atoms with Crippen LogP contribution in [0.3, 0.4) is 0 Å². The normalized spacial score (nSPS) is 19.5. The number of amides is 2. The number of β-amino-alcohol motifs (C(OH)–C–C–N with tert-alkyl or cyclic N) is 1. The highest BCUT2D eigenvalue weighted by molar-refractivity contribution is 7.13. The van der Waals surface area contributed by atoms with Gasteiger partial charge in [-0.25, -0.2) is 4.98 Å². The van der Waals surface area contributed by atoms with Crippen molar-refractivity contribution in [2.45, 2.75) is 65.5 Å². The molecule has 0 spiro atoms. The minimum absolute atomic E-state index is 0.108. The van der Waals surface area contributed by atoms with Gasteiger partial charge in [-0.3, -0.25) is 9.59 Å². The van der Waals surface area contributed by atoms with Gasteiger partial charge in [0.05, 0.1) is 34.8 Å². The van der Waals surface area contributed by atoms with E-state index in [4.69, 9.17) is 0 Å². The lowest BCUT2D eigenvalue weighted by molar-refractivity contribution is -0.142. The molecule has 1 aliphatic heterocycles. The van der Waals surface area contributed by atoms with E-state index in [2.05, 4.69) is 15.6 Å². The first-order valence-electron chi connectivity index (χ1n) is 11.3. The Hall–Kier alpha value is -2.33. The Morgan fingerprint density at radius 2 is 1.97 bits per heavy atom. The summed E-state index contributed by atoms with van der Waals surface area (Å²) in [6.45, 7) is 8.91. The maximum atomic E-state index is 13.3. The third-order valence-corrected chi connectivity index (χ3v) is 6.78. The van der Waals surface area contributed by atoms with Gasteiger partial charge < -0.3 is 25.7 Å². The van der Waals surface area contributed by atoms with Gasteiger partial charge in [-0.05, 0) is 23.1 Å². The molecule has 1 aromatic carbocycles. The van der Waals surface area contributed by atoms with Crippen molar-refractivity contribution in [2.24, 2.45) is 5.41 Å². The van der Waals surface area contributed by atoms with Crippen LogP contribution < -0.4 is 10.6 Å². The Balaban J connectivity index is 1.65. The van der Waals surface area contributed by atoms with Gasteiger partial charge in [0.2, 0.25) is 11.8 Å². The minimum Gasteiger partial charge on any atom is -0.391 e. The molecule has 33 heavy (non-hydrogen) atoms. The van der Waals surface area contributed by atoms with Crippen LogP contribution in [-0.2, 0) is 22.7 Å². The van der Waals surface area contributed by atoms with Crippen LogP contribution in [0.1, 0.15) is 45.4 Å². The number of hydrogen-bond acceptors (Lipinski definition) is 7. The SMILES string of the molecule is CCNC(C(=O)N1C[C@H](O)CC1C(=O)NCc1ccc(-c2scnc2CO)cc1)C(C)(C)C. The Bertz CT molecular complexity index is 954. The van der Waals surface area contributed by atoms with Gasteiger partial charge in [-0.2, -0.15) is 0 Å². The topological polar surface area (TPSA) is 115 Å². The van der Waals surface area contributed by atoms with E-state index >= 15 is 0 Å². The molecule has 0 bridgehead atoms. The highest BCUT2D eigenvalue weighted by Gasteiger charge is 2.43. The lowest BCUT2D eigenvalue weighted by Gasteiger charge is -2.35. The maximum Gasteiger partial charge on any atom is 0.243 e. The van der Waals surface area contributed by atoms with E-state index in [1.807, 2.05) is 52.0 Å². The van der Waals surface area contributed by atoms with E-state index in [1.54, 1.807) is 5.51 Å². The van der Waals surface area contributed by atoms with Gasteiger partial charge in [-0.1, -0.05) is 52.0 Å². The summed E-state index contributed by atoms with van der Waals surface area (Å²) < 4.78 is 0. The summed E-state index contributed by atoms with van der Waals surface area (Å²) in [7, 11) is 0. The second kappa shape index (κ2) is 10.7. The number of likely N-dealkylation sites (N-methyl/N-ethyl adjacent to an activating group) is 1. The van der Waals surface area contributed by atoms with Crippen LogP contribution in [0.4, 0.5) is 0 Å². The highest BCUT2D eigenvalue weighted by atomic mass is 32.1. The van der Waals surface area contributed by atoms with E-state index in [-0.39, 0.29) is 36.8 Å². The highest BCUT2D eigenvalue weighted by Crippen LogP contribution is 2.28. The molecule has 9 heteroatoms. The van der Waals surface area contributed by atoms with E-state index in [0.717, 1.165) is 16.0 Å². The second-order valence-corrected chi connectivity index (χ2v) is 10.3. The van der Waals surface area contributed by atoms with Crippen LogP contribution >= 0.6 is 11.3 Å². The van der Waals surface area contributed by atoms with Crippen molar-refractivity contribution in [3.05, 3.63) is 41.0 Å². The van der Waals surface area contributed by atoms with Gasteiger partial charge in [0.1, 0.15) is 6.04 Å². The fraction of sp³-hybridized carbons (Fsp3) is 0.542. The van der Waals surface area contributed by atoms with Crippen molar-refractivity contribution in [3.8, 4) is 10.4 Å². The molecule has 8 nitrogen and oxygen atoms in total. The van der Waals surface area contributed by atoms with Gasteiger partial charge >= 0.3 is 0 Å². The number of aromatic nitrogens is 1. The molecule has 1 aromatic heterocycles. The van der Waals surface area contributed by atoms with Gasteiger partial charge in [0, 0.05) is 19.5 Å². The molecule has 2 heterocycles. The number of thiazole rings is 1. The molecule has 1 aliphatic rings. The van der Waals surface area contributed by atoms with Crippen LogP contribution in [0, 0.1) is 5.41 Å². The molecule has 0 saturated carbocycles. The van der Waals surface area contributed by atoms with Crippen LogP contribution in [0.5, 0.6) is 0 Å². The molecule has 3 rings (SSSR count). The summed E-state index contributed by atoms with van der Waals surface area (Å²) >= 11 is 1.47. The molecule has 2 amide bonds. The van der Waals surface area contributed by atoms with E-state index in [1.165, 1.54) is 16.2 Å². The number of benzene rings is 1. The molecule has 2 unspecified atom stereocenters. The number of nitrogens with one attached hydrogen (secondary N) is 2. The summed E-state index contributed by atoms with van der Waals surface area (Å²) in [5, 5.41) is 25.8. The number of aliphatic hydroxyl groups excluding tert-OH is 2. The number of aliphatic hydroxyl groups is 2. The van der Waals surface area contributed by atoms with Crippen LogP contribution in [0.2, 0.25) is 0 Å². The number of rotatable bonds is 8. The predicted octanol–water partition coefficient (Wildman–Crippen LogP) is 1.90. The number of carbonyl (C=O) groups excluding carboxylic acids is 2. The Kier molecular flexibility index (Phi) is 8.23. The average Bonchev–Trinajstić information content (AvgIpc) is 3.41. The summed E-state index contributed by atoms with van der Waals surface area (Å²) in [6, 6.07) is 6.58. The standard InChI is InChI=1S/C24H34N4O4S/c1-5-25-21(24(2,3)4)23(32)28-12-17(30)10-19(28)22(31)26-11-15-6-8-16(9-7-15)20-18(13-29)27-14-33-20/h6-9,14,17,19,21,25,29-30H,5,10-13H2,1-4H3,(H,26,31)/t17-,19?,21?/m1/s1. The van der Waals surface area contributed by atoms with Crippen molar-refractivity contribution in [1.29, 1.82) is 0 Å². The van der Waals surface area contributed by atoms with Gasteiger partial charge in [0.25, 0.3) is 0 Å². The number of likely N-dealkylation sites (tertiary alicyclic amines) is 1. The second-order valence-electron chi connectivity index (χ2n) is 9.45. The van der Waals surface area contributed by atoms with Crippen molar-refractivity contribution in [1.82, 2.24) is 20.5 Å². The first-order chi connectivity index (χ1) is 15.7. The van der Waals surface area contributed by atoms with Gasteiger partial charge in [0.15, 0.2) is 0 Å². The van der Waals surface area contributed by atoms with Crippen LogP contribution in [0.25, 0.3) is 10.4 Å².